The Labute approximate surface area is 417 Å². The number of alkyl halides is 1. The van der Waals surface area contributed by atoms with Gasteiger partial charge in [-0.1, -0.05) is 31.5 Å². The standard InChI is InChI=1S/C53H53ClF3N7O8/c1-5-30-31-19-29(11-12-38(31)58-44-33(30)24-64-39(44)21-35-34(47(64)66)25-70-49(68)53(35,69)6-2)71-26-51(3,4)48(67)62-17-15-61(16-18-62)46-32-20-36(54)41(42-37(56)9-7-10-40(42)65)43(57)45(32)59-50(60-46)72-27-52-13-8-14-63(52)23-28(55)22-52/h7,9-12,19-21,28,65,69H,5-6,8,13-18,22-27H2,1-4H3. The fraction of sp³-hybridized carbons (Fsp3) is 0.434. The fourth-order valence-corrected chi connectivity index (χ4v) is 11.9. The van der Waals surface area contributed by atoms with E-state index < -0.39 is 51.6 Å². The average Bonchev–Trinajstić information content (AvgIpc) is 4.03. The number of aryl methyl sites for hydroxylation is 1. The number of cyclic esters (lactones) is 1. The number of amides is 1. The van der Waals surface area contributed by atoms with Gasteiger partial charge < -0.3 is 38.8 Å². The largest absolute Gasteiger partial charge is 0.507 e. The van der Waals surface area contributed by atoms with Crippen LogP contribution in [0.25, 0.3) is 44.3 Å². The third-order valence-electron chi connectivity index (χ3n) is 15.5. The maximum Gasteiger partial charge on any atom is 0.343 e. The lowest BCUT2D eigenvalue weighted by Crippen LogP contribution is -2.53. The Kier molecular flexibility index (Phi) is 11.7. The molecule has 3 atom stereocenters. The zero-order valence-corrected chi connectivity index (χ0v) is 41.0. The quantitative estimate of drug-likeness (QED) is 0.122. The van der Waals surface area contributed by atoms with Crippen LogP contribution < -0.4 is 19.9 Å². The van der Waals surface area contributed by atoms with Crippen molar-refractivity contribution in [2.24, 2.45) is 5.41 Å². The summed E-state index contributed by atoms with van der Waals surface area (Å²) in [5.41, 5.74) is -0.620. The lowest BCUT2D eigenvalue weighted by molar-refractivity contribution is -0.172. The number of nitrogens with zero attached hydrogens (tertiary/aromatic N) is 7. The summed E-state index contributed by atoms with van der Waals surface area (Å²) in [5.74, 6) is -2.47. The van der Waals surface area contributed by atoms with E-state index in [0.717, 1.165) is 42.0 Å². The van der Waals surface area contributed by atoms with Gasteiger partial charge in [-0.15, -0.1) is 0 Å². The monoisotopic (exact) mass is 1010 g/mol. The lowest BCUT2D eigenvalue weighted by atomic mass is 9.86. The summed E-state index contributed by atoms with van der Waals surface area (Å²) in [6.07, 6.45) is 1.57. The Morgan fingerprint density at radius 3 is 2.51 bits per heavy atom. The predicted molar refractivity (Wildman–Crippen MR) is 262 cm³/mol. The molecule has 2 N–H and O–H groups in total. The topological polar surface area (TPSA) is 173 Å². The van der Waals surface area contributed by atoms with Crippen LogP contribution in [0.5, 0.6) is 17.5 Å². The van der Waals surface area contributed by atoms with E-state index in [1.54, 1.807) is 28.5 Å². The van der Waals surface area contributed by atoms with E-state index in [4.69, 9.17) is 35.8 Å². The summed E-state index contributed by atoms with van der Waals surface area (Å²) in [6.45, 7) is 9.68. The summed E-state index contributed by atoms with van der Waals surface area (Å²) in [4.78, 5) is 60.8. The van der Waals surface area contributed by atoms with Gasteiger partial charge >= 0.3 is 12.0 Å². The number of fused-ring (bicyclic) bond motifs is 7. The minimum Gasteiger partial charge on any atom is -0.507 e. The van der Waals surface area contributed by atoms with Crippen molar-refractivity contribution in [1.29, 1.82) is 0 Å². The van der Waals surface area contributed by atoms with E-state index in [0.29, 0.717) is 42.0 Å². The zero-order valence-electron chi connectivity index (χ0n) is 40.3. The molecule has 5 aliphatic heterocycles. The number of esters is 1. The zero-order chi connectivity index (χ0) is 50.6. The van der Waals surface area contributed by atoms with Gasteiger partial charge in [-0.3, -0.25) is 14.5 Å². The highest BCUT2D eigenvalue weighted by Gasteiger charge is 2.50. The molecule has 8 heterocycles. The van der Waals surface area contributed by atoms with Crippen molar-refractivity contribution in [2.45, 2.75) is 90.3 Å². The Balaban J connectivity index is 0.823. The van der Waals surface area contributed by atoms with Crippen LogP contribution in [0.1, 0.15) is 75.6 Å². The third kappa shape index (κ3) is 7.61. The average molecular weight is 1010 g/mol. The maximum atomic E-state index is 16.8. The van der Waals surface area contributed by atoms with Crippen molar-refractivity contribution >= 4 is 51.1 Å². The number of phenolic OH excluding ortho intramolecular Hbond substituents is 1. The summed E-state index contributed by atoms with van der Waals surface area (Å²) >= 11 is 6.71. The summed E-state index contributed by atoms with van der Waals surface area (Å²) in [5, 5.41) is 22.9. The second-order valence-electron chi connectivity index (χ2n) is 20.3. The molecule has 0 spiro atoms. The predicted octanol–water partition coefficient (Wildman–Crippen LogP) is 7.60. The fourth-order valence-electron chi connectivity index (χ4n) is 11.6. The van der Waals surface area contributed by atoms with E-state index in [1.807, 2.05) is 37.8 Å². The van der Waals surface area contributed by atoms with Gasteiger partial charge in [0.25, 0.3) is 5.56 Å². The molecule has 11 rings (SSSR count). The molecule has 0 saturated carbocycles. The Hall–Kier alpha value is -6.50. The molecule has 1 amide bonds. The van der Waals surface area contributed by atoms with E-state index in [2.05, 4.69) is 9.88 Å². The van der Waals surface area contributed by atoms with Crippen molar-refractivity contribution in [3.05, 3.63) is 97.8 Å². The molecule has 6 aromatic rings. The van der Waals surface area contributed by atoms with Crippen molar-refractivity contribution in [1.82, 2.24) is 29.3 Å². The molecule has 19 heteroatoms. The third-order valence-corrected chi connectivity index (χ3v) is 15.8. The molecular formula is C53H53ClF3N7O8. The van der Waals surface area contributed by atoms with Gasteiger partial charge in [-0.2, -0.15) is 9.97 Å². The maximum absolute atomic E-state index is 16.8. The number of hydrogen-bond donors (Lipinski definition) is 2. The molecule has 3 unspecified atom stereocenters. The molecule has 0 bridgehead atoms. The van der Waals surface area contributed by atoms with Crippen LogP contribution in [-0.2, 0) is 39.5 Å². The first-order valence-corrected chi connectivity index (χ1v) is 24.8. The van der Waals surface area contributed by atoms with Crippen LogP contribution in [0.3, 0.4) is 0 Å². The summed E-state index contributed by atoms with van der Waals surface area (Å²) < 4.78 is 66.2. The van der Waals surface area contributed by atoms with Crippen LogP contribution in [0, 0.1) is 17.0 Å². The van der Waals surface area contributed by atoms with Crippen molar-refractivity contribution in [3.8, 4) is 40.0 Å². The second kappa shape index (κ2) is 17.6. The minimum atomic E-state index is -1.93. The number of aromatic nitrogens is 4. The van der Waals surface area contributed by atoms with Crippen molar-refractivity contribution < 1.29 is 47.2 Å². The van der Waals surface area contributed by atoms with Gasteiger partial charge in [0.2, 0.25) is 5.91 Å². The number of carbonyl (C=O) groups is 2. The van der Waals surface area contributed by atoms with Gasteiger partial charge in [-0.25, -0.2) is 22.9 Å². The Bertz CT molecular complexity index is 3310. The molecule has 0 aliphatic carbocycles. The van der Waals surface area contributed by atoms with Crippen molar-refractivity contribution in [3.63, 3.8) is 0 Å². The van der Waals surface area contributed by atoms with Crippen LogP contribution in [-0.4, -0.2) is 116 Å². The van der Waals surface area contributed by atoms with Gasteiger partial charge in [0.1, 0.15) is 54.6 Å². The highest BCUT2D eigenvalue weighted by atomic mass is 35.5. The number of aliphatic hydroxyl groups is 1. The number of anilines is 1. The molecular weight excluding hydrogens is 955 g/mol. The van der Waals surface area contributed by atoms with Crippen LogP contribution in [0.2, 0.25) is 5.02 Å². The molecule has 72 heavy (non-hydrogen) atoms. The lowest BCUT2D eigenvalue weighted by Gasteiger charge is -2.39. The number of ether oxygens (including phenoxy) is 3. The molecule has 15 nitrogen and oxygen atoms in total. The molecule has 5 aliphatic rings. The molecule has 3 fully saturated rings. The first-order chi connectivity index (χ1) is 34.4. The van der Waals surface area contributed by atoms with Crippen LogP contribution in [0.15, 0.2) is 53.3 Å². The van der Waals surface area contributed by atoms with E-state index >= 15 is 8.78 Å². The van der Waals surface area contributed by atoms with E-state index in [9.17, 15) is 29.0 Å². The molecule has 0 radical (unpaired) electrons. The molecule has 3 aromatic carbocycles. The number of pyridine rings is 2. The van der Waals surface area contributed by atoms with E-state index in [1.165, 1.54) is 18.2 Å². The smallest absolute Gasteiger partial charge is 0.343 e. The number of halogens is 4. The molecule has 3 aromatic heterocycles. The number of phenols is 1. The number of aromatic hydroxyl groups is 1. The first kappa shape index (κ1) is 47.8. The van der Waals surface area contributed by atoms with Crippen LogP contribution >= 0.6 is 11.6 Å². The van der Waals surface area contributed by atoms with E-state index in [-0.39, 0.29) is 115 Å². The Morgan fingerprint density at radius 2 is 1.76 bits per heavy atom. The number of carbonyl (C=O) groups excluding carboxylic acids is 2. The SMILES string of the molecule is CCc1c2c(nc3ccc(OCC(C)(C)C(=O)N4CCN(c5nc(OCC67CCCN6CC(F)C7)nc6c(F)c(-c7c(O)cccc7F)c(Cl)cc56)CC4)cc13)-c1cc3c(c(=O)n1C2)COC(=O)C3(O)CC. The number of hydrogen-bond acceptors (Lipinski definition) is 13. The summed E-state index contributed by atoms with van der Waals surface area (Å²) in [7, 11) is 0. The van der Waals surface area contributed by atoms with Gasteiger partial charge in [-0.05, 0) is 94.1 Å². The number of benzene rings is 3. The number of rotatable bonds is 11. The van der Waals surface area contributed by atoms with Gasteiger partial charge in [0, 0.05) is 66.6 Å². The first-order valence-electron chi connectivity index (χ1n) is 24.4. The second-order valence-corrected chi connectivity index (χ2v) is 20.7. The van der Waals surface area contributed by atoms with Gasteiger partial charge in [0.15, 0.2) is 11.4 Å². The van der Waals surface area contributed by atoms with Gasteiger partial charge in [0.05, 0.1) is 50.6 Å². The number of piperazine rings is 1. The summed E-state index contributed by atoms with van der Waals surface area (Å²) in [6, 6.07) is 12.2. The molecule has 376 valence electrons. The van der Waals surface area contributed by atoms with Crippen LogP contribution in [0.4, 0.5) is 19.0 Å². The molecule has 3 saturated heterocycles. The minimum absolute atomic E-state index is 0.0434. The van der Waals surface area contributed by atoms with Crippen molar-refractivity contribution in [2.75, 3.05) is 57.4 Å². The highest BCUT2D eigenvalue weighted by molar-refractivity contribution is 6.34. The normalized spacial score (nSPS) is 21.7. The highest BCUT2D eigenvalue weighted by Crippen LogP contribution is 2.45. The Morgan fingerprint density at radius 1 is 0.972 bits per heavy atom.